The standard InChI is InChI=1S/C12H17ClO/c1-8(2)12(13)10-7-9(3)5-6-11(10)14-4/h5-8,12H,1-4H3. The van der Waals surface area contributed by atoms with Crippen molar-refractivity contribution in [3.05, 3.63) is 29.3 Å². The Morgan fingerprint density at radius 3 is 2.43 bits per heavy atom. The van der Waals surface area contributed by atoms with Gasteiger partial charge in [0.25, 0.3) is 0 Å². The van der Waals surface area contributed by atoms with Gasteiger partial charge in [-0.2, -0.15) is 0 Å². The van der Waals surface area contributed by atoms with Crippen LogP contribution < -0.4 is 4.74 Å². The van der Waals surface area contributed by atoms with Crippen LogP contribution in [0.25, 0.3) is 0 Å². The van der Waals surface area contributed by atoms with Crippen molar-refractivity contribution in [1.82, 2.24) is 0 Å². The minimum Gasteiger partial charge on any atom is -0.496 e. The third kappa shape index (κ3) is 2.42. The Balaban J connectivity index is 3.10. The lowest BCUT2D eigenvalue weighted by molar-refractivity contribution is 0.405. The predicted octanol–water partition coefficient (Wildman–Crippen LogP) is 3.94. The van der Waals surface area contributed by atoms with E-state index in [1.54, 1.807) is 7.11 Å². The third-order valence-electron chi connectivity index (χ3n) is 2.27. The summed E-state index contributed by atoms with van der Waals surface area (Å²) >= 11 is 6.32. The van der Waals surface area contributed by atoms with Gasteiger partial charge in [0.1, 0.15) is 5.75 Å². The highest BCUT2D eigenvalue weighted by Gasteiger charge is 2.16. The highest BCUT2D eigenvalue weighted by atomic mass is 35.5. The number of aryl methyl sites for hydroxylation is 1. The second kappa shape index (κ2) is 4.70. The Bertz CT molecular complexity index is 307. The predicted molar refractivity (Wildman–Crippen MR) is 61.2 cm³/mol. The molecule has 2 heteroatoms. The van der Waals surface area contributed by atoms with Crippen LogP contribution in [0.3, 0.4) is 0 Å². The van der Waals surface area contributed by atoms with Gasteiger partial charge in [-0.3, -0.25) is 0 Å². The van der Waals surface area contributed by atoms with Crippen molar-refractivity contribution in [2.45, 2.75) is 26.1 Å². The molecule has 78 valence electrons. The highest BCUT2D eigenvalue weighted by Crippen LogP contribution is 2.35. The van der Waals surface area contributed by atoms with Crippen molar-refractivity contribution in [2.24, 2.45) is 5.92 Å². The number of rotatable bonds is 3. The highest BCUT2D eigenvalue weighted by molar-refractivity contribution is 6.21. The van der Waals surface area contributed by atoms with E-state index in [4.69, 9.17) is 16.3 Å². The molecule has 1 unspecified atom stereocenters. The van der Waals surface area contributed by atoms with Crippen LogP contribution in [0.1, 0.15) is 30.4 Å². The van der Waals surface area contributed by atoms with Crippen molar-refractivity contribution < 1.29 is 4.74 Å². The van der Waals surface area contributed by atoms with E-state index in [9.17, 15) is 0 Å². The molecule has 0 radical (unpaired) electrons. The van der Waals surface area contributed by atoms with Gasteiger partial charge < -0.3 is 4.74 Å². The summed E-state index contributed by atoms with van der Waals surface area (Å²) in [6.07, 6.45) is 0. The van der Waals surface area contributed by atoms with Crippen LogP contribution in [0, 0.1) is 12.8 Å². The van der Waals surface area contributed by atoms with Gasteiger partial charge in [0.05, 0.1) is 12.5 Å². The molecule has 0 aromatic heterocycles. The molecule has 0 bridgehead atoms. The van der Waals surface area contributed by atoms with Gasteiger partial charge in [-0.05, 0) is 18.9 Å². The van der Waals surface area contributed by atoms with Crippen LogP contribution in [-0.4, -0.2) is 7.11 Å². The van der Waals surface area contributed by atoms with Crippen molar-refractivity contribution >= 4 is 11.6 Å². The molecule has 0 saturated carbocycles. The van der Waals surface area contributed by atoms with Gasteiger partial charge >= 0.3 is 0 Å². The van der Waals surface area contributed by atoms with Gasteiger partial charge in [0.15, 0.2) is 0 Å². The Hall–Kier alpha value is -0.690. The van der Waals surface area contributed by atoms with Gasteiger partial charge in [-0.15, -0.1) is 11.6 Å². The number of hydrogen-bond acceptors (Lipinski definition) is 1. The van der Waals surface area contributed by atoms with E-state index < -0.39 is 0 Å². The molecule has 0 heterocycles. The summed E-state index contributed by atoms with van der Waals surface area (Å²) in [6.45, 7) is 6.28. The lowest BCUT2D eigenvalue weighted by Gasteiger charge is -2.17. The number of ether oxygens (including phenoxy) is 1. The molecule has 0 aliphatic carbocycles. The maximum absolute atomic E-state index is 6.32. The van der Waals surface area contributed by atoms with Crippen LogP contribution >= 0.6 is 11.6 Å². The van der Waals surface area contributed by atoms with Crippen molar-refractivity contribution in [2.75, 3.05) is 7.11 Å². The topological polar surface area (TPSA) is 9.23 Å². The molecule has 0 spiro atoms. The summed E-state index contributed by atoms with van der Waals surface area (Å²) in [5, 5.41) is 0.0184. The first kappa shape index (κ1) is 11.4. The average molecular weight is 213 g/mol. The maximum Gasteiger partial charge on any atom is 0.123 e. The largest absolute Gasteiger partial charge is 0.496 e. The average Bonchev–Trinajstić information content (AvgIpc) is 2.16. The van der Waals surface area contributed by atoms with E-state index in [2.05, 4.69) is 26.8 Å². The summed E-state index contributed by atoms with van der Waals surface area (Å²) in [5.74, 6) is 1.29. The molecule has 0 amide bonds. The minimum absolute atomic E-state index is 0.0184. The van der Waals surface area contributed by atoms with E-state index in [-0.39, 0.29) is 5.38 Å². The van der Waals surface area contributed by atoms with Crippen LogP contribution in [-0.2, 0) is 0 Å². The first-order valence-corrected chi connectivity index (χ1v) is 5.28. The number of alkyl halides is 1. The molecule has 1 aromatic carbocycles. The van der Waals surface area contributed by atoms with Crippen molar-refractivity contribution in [3.63, 3.8) is 0 Å². The van der Waals surface area contributed by atoms with Crippen molar-refractivity contribution in [1.29, 1.82) is 0 Å². The second-order valence-electron chi connectivity index (χ2n) is 3.89. The number of methoxy groups -OCH3 is 1. The number of benzene rings is 1. The zero-order chi connectivity index (χ0) is 10.7. The lowest BCUT2D eigenvalue weighted by atomic mass is 9.99. The molecular formula is C12H17ClO. The molecule has 0 N–H and O–H groups in total. The number of halogens is 1. The summed E-state index contributed by atoms with van der Waals surface area (Å²) in [5.41, 5.74) is 2.30. The van der Waals surface area contributed by atoms with E-state index in [1.807, 2.05) is 12.1 Å². The molecule has 14 heavy (non-hydrogen) atoms. The Labute approximate surface area is 91.0 Å². The Morgan fingerprint density at radius 1 is 1.29 bits per heavy atom. The minimum atomic E-state index is 0.0184. The Morgan fingerprint density at radius 2 is 1.93 bits per heavy atom. The number of hydrogen-bond donors (Lipinski definition) is 0. The molecular weight excluding hydrogens is 196 g/mol. The van der Waals surface area contributed by atoms with E-state index in [0.29, 0.717) is 5.92 Å². The molecule has 1 aromatic rings. The fraction of sp³-hybridized carbons (Fsp3) is 0.500. The molecule has 0 fully saturated rings. The van der Waals surface area contributed by atoms with E-state index in [1.165, 1.54) is 5.56 Å². The third-order valence-corrected chi connectivity index (χ3v) is 3.01. The molecule has 0 aliphatic rings. The Kier molecular flexibility index (Phi) is 3.82. The van der Waals surface area contributed by atoms with Crippen LogP contribution in [0.15, 0.2) is 18.2 Å². The molecule has 1 rings (SSSR count). The van der Waals surface area contributed by atoms with Crippen molar-refractivity contribution in [3.8, 4) is 5.75 Å². The van der Waals surface area contributed by atoms with Gasteiger partial charge in [-0.25, -0.2) is 0 Å². The van der Waals surface area contributed by atoms with Crippen LogP contribution in [0.4, 0.5) is 0 Å². The zero-order valence-electron chi connectivity index (χ0n) is 9.17. The molecule has 1 nitrogen and oxygen atoms in total. The summed E-state index contributed by atoms with van der Waals surface area (Å²) in [7, 11) is 1.68. The SMILES string of the molecule is COc1ccc(C)cc1C(Cl)C(C)C. The molecule has 0 saturated heterocycles. The maximum atomic E-state index is 6.32. The van der Waals surface area contributed by atoms with Crippen LogP contribution in [0.5, 0.6) is 5.75 Å². The summed E-state index contributed by atoms with van der Waals surface area (Å²) < 4.78 is 5.29. The zero-order valence-corrected chi connectivity index (χ0v) is 9.93. The van der Waals surface area contributed by atoms with E-state index >= 15 is 0 Å². The molecule has 0 aliphatic heterocycles. The summed E-state index contributed by atoms with van der Waals surface area (Å²) in [6, 6.07) is 6.10. The normalized spacial score (nSPS) is 13.0. The van der Waals surface area contributed by atoms with E-state index in [0.717, 1.165) is 11.3 Å². The van der Waals surface area contributed by atoms with Gasteiger partial charge in [0.2, 0.25) is 0 Å². The smallest absolute Gasteiger partial charge is 0.123 e. The van der Waals surface area contributed by atoms with Crippen LogP contribution in [0.2, 0.25) is 0 Å². The van der Waals surface area contributed by atoms with Gasteiger partial charge in [0, 0.05) is 5.56 Å². The quantitative estimate of drug-likeness (QED) is 0.690. The first-order valence-electron chi connectivity index (χ1n) is 4.85. The summed E-state index contributed by atoms with van der Waals surface area (Å²) in [4.78, 5) is 0. The fourth-order valence-corrected chi connectivity index (χ4v) is 1.60. The first-order chi connectivity index (χ1) is 6.56. The monoisotopic (exact) mass is 212 g/mol. The van der Waals surface area contributed by atoms with Gasteiger partial charge in [-0.1, -0.05) is 31.5 Å². The second-order valence-corrected chi connectivity index (χ2v) is 4.36. The lowest BCUT2D eigenvalue weighted by Crippen LogP contribution is -2.02. The molecule has 1 atom stereocenters. The fourth-order valence-electron chi connectivity index (χ4n) is 1.43.